The molecule has 2 N–H and O–H groups in total. The van der Waals surface area contributed by atoms with Crippen LogP contribution < -0.4 is 15.2 Å². The van der Waals surface area contributed by atoms with Crippen molar-refractivity contribution >= 4 is 11.7 Å². The van der Waals surface area contributed by atoms with Crippen molar-refractivity contribution < 1.29 is 14.3 Å². The molecule has 2 aromatic rings. The number of aromatic nitrogens is 2. The van der Waals surface area contributed by atoms with E-state index in [9.17, 15) is 4.79 Å². The fourth-order valence-corrected chi connectivity index (χ4v) is 1.58. The number of nitrogen functional groups attached to an aromatic ring is 1. The van der Waals surface area contributed by atoms with Gasteiger partial charge >= 0.3 is 0 Å². The van der Waals surface area contributed by atoms with Crippen LogP contribution >= 0.6 is 0 Å². The van der Waals surface area contributed by atoms with Crippen LogP contribution in [-0.2, 0) is 0 Å². The van der Waals surface area contributed by atoms with Crippen LogP contribution in [0.1, 0.15) is 10.4 Å². The van der Waals surface area contributed by atoms with Crippen molar-refractivity contribution in [1.29, 1.82) is 5.26 Å². The normalized spacial score (nSPS) is 9.80. The van der Waals surface area contributed by atoms with E-state index in [0.717, 1.165) is 4.68 Å². The molecule has 0 saturated heterocycles. The van der Waals surface area contributed by atoms with Crippen LogP contribution in [0.25, 0.3) is 0 Å². The third kappa shape index (κ3) is 2.54. The summed E-state index contributed by atoms with van der Waals surface area (Å²) >= 11 is 0. The number of rotatable bonds is 4. The Hall–Kier alpha value is -3.01. The molecule has 0 bridgehead atoms. The van der Waals surface area contributed by atoms with Gasteiger partial charge in [-0.05, 0) is 12.1 Å². The number of carbonyl (C=O) groups is 1. The van der Waals surface area contributed by atoms with E-state index in [4.69, 9.17) is 20.5 Å². The van der Waals surface area contributed by atoms with Gasteiger partial charge < -0.3 is 15.2 Å². The summed E-state index contributed by atoms with van der Waals surface area (Å²) in [5.74, 6) is 0.483. The lowest BCUT2D eigenvalue weighted by Gasteiger charge is -2.09. The van der Waals surface area contributed by atoms with E-state index in [2.05, 4.69) is 5.10 Å². The summed E-state index contributed by atoms with van der Waals surface area (Å²) in [5, 5.41) is 12.5. The van der Waals surface area contributed by atoms with E-state index >= 15 is 0 Å². The van der Waals surface area contributed by atoms with E-state index in [0.29, 0.717) is 11.5 Å². The Labute approximate surface area is 115 Å². The van der Waals surface area contributed by atoms with Gasteiger partial charge in [0, 0.05) is 0 Å². The maximum Gasteiger partial charge on any atom is 0.286 e. The molecule has 7 nitrogen and oxygen atoms in total. The van der Waals surface area contributed by atoms with Crippen LogP contribution in [0.3, 0.4) is 0 Å². The molecular weight excluding hydrogens is 260 g/mol. The smallest absolute Gasteiger partial charge is 0.286 e. The maximum absolute atomic E-state index is 11.9. The number of nitrogens with zero attached hydrogens (tertiary/aromatic N) is 3. The summed E-state index contributed by atoms with van der Waals surface area (Å²) in [7, 11) is 1.51. The van der Waals surface area contributed by atoms with Gasteiger partial charge in [0.05, 0.1) is 13.3 Å². The Kier molecular flexibility index (Phi) is 3.86. The van der Waals surface area contributed by atoms with E-state index in [1.165, 1.54) is 13.3 Å². The second-order valence-electron chi connectivity index (χ2n) is 3.80. The summed E-state index contributed by atoms with van der Waals surface area (Å²) in [6.45, 7) is -0.267. The molecule has 2 rings (SSSR count). The van der Waals surface area contributed by atoms with Crippen molar-refractivity contribution in [2.24, 2.45) is 0 Å². The highest BCUT2D eigenvalue weighted by Gasteiger charge is 2.15. The molecule has 0 aliphatic rings. The van der Waals surface area contributed by atoms with Crippen molar-refractivity contribution in [3.63, 3.8) is 0 Å². The zero-order valence-corrected chi connectivity index (χ0v) is 10.7. The number of anilines is 1. The lowest BCUT2D eigenvalue weighted by Crippen LogP contribution is -2.22. The Morgan fingerprint density at radius 2 is 2.15 bits per heavy atom. The van der Waals surface area contributed by atoms with Gasteiger partial charge in [0.15, 0.2) is 18.1 Å². The van der Waals surface area contributed by atoms with Crippen LogP contribution in [0, 0.1) is 11.3 Å². The number of para-hydroxylation sites is 2. The quantitative estimate of drug-likeness (QED) is 0.892. The van der Waals surface area contributed by atoms with E-state index in [1.54, 1.807) is 24.3 Å². The van der Waals surface area contributed by atoms with Gasteiger partial charge in [-0.3, -0.25) is 4.79 Å². The van der Waals surface area contributed by atoms with Crippen molar-refractivity contribution in [2.45, 2.75) is 0 Å². The van der Waals surface area contributed by atoms with Crippen LogP contribution in [0.4, 0.5) is 5.82 Å². The van der Waals surface area contributed by atoms with Crippen LogP contribution in [0.5, 0.6) is 11.5 Å². The topological polar surface area (TPSA) is 103 Å². The number of benzene rings is 1. The molecule has 102 valence electrons. The van der Waals surface area contributed by atoms with Gasteiger partial charge in [-0.15, -0.1) is 0 Å². The summed E-state index contributed by atoms with van der Waals surface area (Å²) in [5.41, 5.74) is 5.77. The standard InChI is InChI=1S/C13H12N4O3/c1-19-10-4-2-3-5-11(10)20-8-12(18)17-13(15)9(6-14)7-16-17/h2-5,7H,8,15H2,1H3. The molecule has 1 aromatic carbocycles. The minimum Gasteiger partial charge on any atom is -0.493 e. The predicted octanol–water partition coefficient (Wildman–Crippen LogP) is 1.06. The Balaban J connectivity index is 2.09. The molecule has 0 aliphatic carbocycles. The fraction of sp³-hybridized carbons (Fsp3) is 0.154. The Morgan fingerprint density at radius 1 is 1.45 bits per heavy atom. The molecule has 0 atom stereocenters. The number of hydrogen-bond acceptors (Lipinski definition) is 6. The average Bonchev–Trinajstić information content (AvgIpc) is 2.86. The number of ether oxygens (including phenoxy) is 2. The monoisotopic (exact) mass is 272 g/mol. The molecule has 0 unspecified atom stereocenters. The zero-order valence-electron chi connectivity index (χ0n) is 10.7. The summed E-state index contributed by atoms with van der Waals surface area (Å²) in [4.78, 5) is 11.9. The van der Waals surface area contributed by atoms with E-state index < -0.39 is 5.91 Å². The van der Waals surface area contributed by atoms with Gasteiger partial charge in [-0.2, -0.15) is 15.0 Å². The van der Waals surface area contributed by atoms with Crippen molar-refractivity contribution in [3.05, 3.63) is 36.0 Å². The Morgan fingerprint density at radius 3 is 2.75 bits per heavy atom. The highest BCUT2D eigenvalue weighted by molar-refractivity contribution is 5.83. The van der Waals surface area contributed by atoms with Crippen LogP contribution in [0.15, 0.2) is 30.5 Å². The molecule has 20 heavy (non-hydrogen) atoms. The summed E-state index contributed by atoms with van der Waals surface area (Å²) in [6, 6.07) is 8.79. The second kappa shape index (κ2) is 5.75. The molecule has 0 saturated carbocycles. The Bertz CT molecular complexity index is 672. The van der Waals surface area contributed by atoms with E-state index in [1.807, 2.05) is 6.07 Å². The van der Waals surface area contributed by atoms with Gasteiger partial charge in [-0.25, -0.2) is 0 Å². The van der Waals surface area contributed by atoms with Gasteiger partial charge in [0.25, 0.3) is 5.91 Å². The number of carbonyl (C=O) groups excluding carboxylic acids is 1. The fourth-order valence-electron chi connectivity index (χ4n) is 1.58. The number of nitriles is 1. The van der Waals surface area contributed by atoms with Crippen molar-refractivity contribution in [3.8, 4) is 17.6 Å². The minimum atomic E-state index is -0.477. The first-order valence-electron chi connectivity index (χ1n) is 5.70. The first-order chi connectivity index (χ1) is 9.67. The molecule has 0 radical (unpaired) electrons. The van der Waals surface area contributed by atoms with Crippen LogP contribution in [0.2, 0.25) is 0 Å². The second-order valence-corrected chi connectivity index (χ2v) is 3.80. The molecule has 0 fully saturated rings. The molecule has 1 heterocycles. The van der Waals surface area contributed by atoms with E-state index in [-0.39, 0.29) is 18.0 Å². The van der Waals surface area contributed by atoms with Gasteiger partial charge in [0.2, 0.25) is 0 Å². The average molecular weight is 272 g/mol. The number of methoxy groups -OCH3 is 1. The SMILES string of the molecule is COc1ccccc1OCC(=O)n1ncc(C#N)c1N. The minimum absolute atomic E-state index is 0.00104. The number of nitrogens with two attached hydrogens (primary N) is 1. The third-order valence-corrected chi connectivity index (χ3v) is 2.58. The summed E-state index contributed by atoms with van der Waals surface area (Å²) in [6.07, 6.45) is 1.23. The van der Waals surface area contributed by atoms with Crippen LogP contribution in [-0.4, -0.2) is 29.4 Å². The molecule has 0 amide bonds. The summed E-state index contributed by atoms with van der Waals surface area (Å²) < 4.78 is 11.4. The lowest BCUT2D eigenvalue weighted by molar-refractivity contribution is 0.0822. The molecule has 0 aliphatic heterocycles. The highest BCUT2D eigenvalue weighted by Crippen LogP contribution is 2.25. The van der Waals surface area contributed by atoms with Crippen molar-refractivity contribution in [1.82, 2.24) is 9.78 Å². The van der Waals surface area contributed by atoms with Gasteiger partial charge in [0.1, 0.15) is 17.5 Å². The number of hydrogen-bond donors (Lipinski definition) is 1. The third-order valence-electron chi connectivity index (χ3n) is 2.58. The molecule has 0 spiro atoms. The maximum atomic E-state index is 11.9. The first-order valence-corrected chi connectivity index (χ1v) is 5.70. The molecular formula is C13H12N4O3. The largest absolute Gasteiger partial charge is 0.493 e. The van der Waals surface area contributed by atoms with Gasteiger partial charge in [-0.1, -0.05) is 12.1 Å². The molecule has 1 aromatic heterocycles. The highest BCUT2D eigenvalue weighted by atomic mass is 16.5. The van der Waals surface area contributed by atoms with Crippen molar-refractivity contribution in [2.75, 3.05) is 19.5 Å². The predicted molar refractivity (Wildman–Crippen MR) is 70.5 cm³/mol. The zero-order chi connectivity index (χ0) is 14.5. The lowest BCUT2D eigenvalue weighted by atomic mass is 10.3. The first kappa shape index (κ1) is 13.4. The molecule has 7 heteroatoms.